The van der Waals surface area contributed by atoms with Crippen LogP contribution in [0.5, 0.6) is 11.5 Å². The van der Waals surface area contributed by atoms with Crippen LogP contribution in [0.1, 0.15) is 21.6 Å². The van der Waals surface area contributed by atoms with E-state index in [9.17, 15) is 22.8 Å². The molecular weight excluding hydrogens is 469 g/mol. The van der Waals surface area contributed by atoms with E-state index in [1.54, 1.807) is 20.3 Å². The van der Waals surface area contributed by atoms with Gasteiger partial charge >= 0.3 is 6.18 Å². The number of rotatable bonds is 6. The number of ether oxygens (including phenoxy) is 2. The standard InChI is InChI=1S/C22H23F3N6O4/c1-34-15-3-4-17(35-2)14(11-15)13-29-7-9-30(10-8-29)21(33)16-12-26-31(20(16)22(23,24)25)18-5-6-19(32)28-27-18/h3-6,11-12H,7-10,13H2,1-2H3,(H,28,32). The molecule has 1 saturated heterocycles. The van der Waals surface area contributed by atoms with Crippen LogP contribution in [-0.2, 0) is 12.7 Å². The van der Waals surface area contributed by atoms with E-state index in [0.717, 1.165) is 23.9 Å². The number of alkyl halides is 3. The Morgan fingerprint density at radius 3 is 2.43 bits per heavy atom. The van der Waals surface area contributed by atoms with Crippen molar-refractivity contribution in [2.45, 2.75) is 12.7 Å². The number of aromatic amines is 1. The van der Waals surface area contributed by atoms with Gasteiger partial charge in [-0.05, 0) is 24.3 Å². The smallest absolute Gasteiger partial charge is 0.434 e. The summed E-state index contributed by atoms with van der Waals surface area (Å²) in [4.78, 5) is 27.7. The summed E-state index contributed by atoms with van der Waals surface area (Å²) in [5.41, 5.74) is -1.49. The lowest BCUT2D eigenvalue weighted by Crippen LogP contribution is -2.48. The molecule has 1 fully saturated rings. The number of aromatic nitrogens is 4. The van der Waals surface area contributed by atoms with Crippen LogP contribution >= 0.6 is 0 Å². The fourth-order valence-electron chi connectivity index (χ4n) is 3.93. The third-order valence-corrected chi connectivity index (χ3v) is 5.69. The van der Waals surface area contributed by atoms with E-state index in [4.69, 9.17) is 9.47 Å². The predicted molar refractivity (Wildman–Crippen MR) is 118 cm³/mol. The van der Waals surface area contributed by atoms with Gasteiger partial charge in [-0.3, -0.25) is 14.5 Å². The van der Waals surface area contributed by atoms with Gasteiger partial charge in [-0.2, -0.15) is 23.4 Å². The van der Waals surface area contributed by atoms with Gasteiger partial charge in [0.1, 0.15) is 11.5 Å². The Bertz CT molecular complexity index is 1240. The highest BCUT2D eigenvalue weighted by Gasteiger charge is 2.42. The van der Waals surface area contributed by atoms with Gasteiger partial charge in [-0.15, -0.1) is 0 Å². The number of piperazine rings is 1. The highest BCUT2D eigenvalue weighted by Crippen LogP contribution is 2.34. The molecule has 35 heavy (non-hydrogen) atoms. The molecular formula is C22H23F3N6O4. The van der Waals surface area contributed by atoms with Gasteiger partial charge in [0.2, 0.25) is 0 Å². The van der Waals surface area contributed by atoms with Crippen LogP contribution in [0, 0.1) is 0 Å². The normalized spacial score (nSPS) is 14.7. The molecule has 0 unspecified atom stereocenters. The topological polar surface area (TPSA) is 106 Å². The van der Waals surface area contributed by atoms with Crippen LogP contribution in [0.2, 0.25) is 0 Å². The molecule has 186 valence electrons. The van der Waals surface area contributed by atoms with Crippen molar-refractivity contribution in [3.8, 4) is 17.3 Å². The first-order valence-electron chi connectivity index (χ1n) is 10.6. The average Bonchev–Trinajstić information content (AvgIpc) is 3.30. The summed E-state index contributed by atoms with van der Waals surface area (Å²) in [5.74, 6) is 0.352. The molecule has 0 saturated carbocycles. The summed E-state index contributed by atoms with van der Waals surface area (Å²) in [6.45, 7) is 1.94. The van der Waals surface area contributed by atoms with E-state index >= 15 is 0 Å². The number of H-pyrrole nitrogens is 1. The van der Waals surface area contributed by atoms with Crippen LogP contribution in [-0.4, -0.2) is 76.1 Å². The summed E-state index contributed by atoms with van der Waals surface area (Å²) >= 11 is 0. The summed E-state index contributed by atoms with van der Waals surface area (Å²) < 4.78 is 52.9. The van der Waals surface area contributed by atoms with Crippen LogP contribution in [0.4, 0.5) is 13.2 Å². The summed E-state index contributed by atoms with van der Waals surface area (Å²) in [6, 6.07) is 7.59. The summed E-state index contributed by atoms with van der Waals surface area (Å²) in [5, 5.41) is 9.40. The molecule has 10 nitrogen and oxygen atoms in total. The highest BCUT2D eigenvalue weighted by molar-refractivity contribution is 5.95. The first-order valence-corrected chi connectivity index (χ1v) is 10.6. The van der Waals surface area contributed by atoms with E-state index in [1.807, 2.05) is 12.1 Å². The molecule has 3 aromatic rings. The van der Waals surface area contributed by atoms with E-state index in [1.165, 1.54) is 4.90 Å². The van der Waals surface area contributed by atoms with Gasteiger partial charge in [0.25, 0.3) is 11.5 Å². The fourth-order valence-corrected chi connectivity index (χ4v) is 3.93. The minimum atomic E-state index is -4.87. The van der Waals surface area contributed by atoms with Crippen molar-refractivity contribution in [1.29, 1.82) is 0 Å². The van der Waals surface area contributed by atoms with Gasteiger partial charge in [0.15, 0.2) is 11.5 Å². The van der Waals surface area contributed by atoms with Gasteiger partial charge in [0, 0.05) is 44.4 Å². The molecule has 1 aliphatic heterocycles. The Morgan fingerprint density at radius 1 is 1.09 bits per heavy atom. The van der Waals surface area contributed by atoms with Crippen LogP contribution in [0.15, 0.2) is 41.3 Å². The van der Waals surface area contributed by atoms with E-state index in [2.05, 4.69) is 20.2 Å². The molecule has 0 radical (unpaired) electrons. The Kier molecular flexibility index (Phi) is 6.78. The maximum Gasteiger partial charge on any atom is 0.434 e. The Labute approximate surface area is 197 Å². The number of amides is 1. The van der Waals surface area contributed by atoms with Crippen LogP contribution < -0.4 is 15.0 Å². The lowest BCUT2D eigenvalue weighted by molar-refractivity contribution is -0.143. The van der Waals surface area contributed by atoms with Gasteiger partial charge in [-0.1, -0.05) is 0 Å². The van der Waals surface area contributed by atoms with Gasteiger partial charge in [-0.25, -0.2) is 9.78 Å². The molecule has 3 heterocycles. The van der Waals surface area contributed by atoms with Crippen molar-refractivity contribution in [3.05, 3.63) is 63.7 Å². The van der Waals surface area contributed by atoms with Crippen LogP contribution in [0.25, 0.3) is 5.82 Å². The molecule has 1 aliphatic rings. The Morgan fingerprint density at radius 2 is 1.83 bits per heavy atom. The third-order valence-electron chi connectivity index (χ3n) is 5.69. The Balaban J connectivity index is 1.50. The highest BCUT2D eigenvalue weighted by atomic mass is 19.4. The Hall–Kier alpha value is -3.87. The number of hydrogen-bond acceptors (Lipinski definition) is 7. The number of halogens is 3. The van der Waals surface area contributed by atoms with Gasteiger partial charge in [0.05, 0.1) is 26.0 Å². The quantitative estimate of drug-likeness (QED) is 0.561. The molecule has 2 aromatic heterocycles. The van der Waals surface area contributed by atoms with E-state index < -0.39 is 28.9 Å². The van der Waals surface area contributed by atoms with Crippen molar-refractivity contribution in [3.63, 3.8) is 0 Å². The minimum Gasteiger partial charge on any atom is -0.497 e. The van der Waals surface area contributed by atoms with Crippen molar-refractivity contribution in [2.75, 3.05) is 40.4 Å². The molecule has 1 aromatic carbocycles. The zero-order valence-corrected chi connectivity index (χ0v) is 19.0. The zero-order chi connectivity index (χ0) is 25.2. The fraction of sp³-hybridized carbons (Fsp3) is 0.364. The van der Waals surface area contributed by atoms with Crippen molar-refractivity contribution in [1.82, 2.24) is 29.8 Å². The molecule has 4 rings (SSSR count). The molecule has 0 bridgehead atoms. The molecule has 1 amide bonds. The zero-order valence-electron chi connectivity index (χ0n) is 19.0. The number of nitrogens with one attached hydrogen (secondary N) is 1. The SMILES string of the molecule is COc1ccc(OC)c(CN2CCN(C(=O)c3cnn(-c4ccc(=O)[nH]n4)c3C(F)(F)F)CC2)c1. The number of nitrogens with zero attached hydrogens (tertiary/aromatic N) is 5. The lowest BCUT2D eigenvalue weighted by atomic mass is 10.1. The van der Waals surface area contributed by atoms with Crippen molar-refractivity contribution >= 4 is 5.91 Å². The first kappa shape index (κ1) is 24.3. The number of carbonyl (C=O) groups is 1. The lowest BCUT2D eigenvalue weighted by Gasteiger charge is -2.35. The monoisotopic (exact) mass is 492 g/mol. The van der Waals surface area contributed by atoms with Crippen molar-refractivity contribution in [2.24, 2.45) is 0 Å². The minimum absolute atomic E-state index is 0.241. The number of benzene rings is 1. The second-order valence-electron chi connectivity index (χ2n) is 7.84. The first-order chi connectivity index (χ1) is 16.7. The third kappa shape index (κ3) is 5.14. The molecule has 0 atom stereocenters. The van der Waals surface area contributed by atoms with E-state index in [-0.39, 0.29) is 18.9 Å². The second kappa shape index (κ2) is 9.78. The molecule has 13 heteroatoms. The maximum absolute atomic E-state index is 13.9. The van der Waals surface area contributed by atoms with Crippen molar-refractivity contribution < 1.29 is 27.4 Å². The number of methoxy groups -OCH3 is 2. The van der Waals surface area contributed by atoms with E-state index in [0.29, 0.717) is 35.8 Å². The summed E-state index contributed by atoms with van der Waals surface area (Å²) in [7, 11) is 3.14. The summed E-state index contributed by atoms with van der Waals surface area (Å²) in [6.07, 6.45) is -3.99. The molecule has 0 aliphatic carbocycles. The van der Waals surface area contributed by atoms with Gasteiger partial charge < -0.3 is 14.4 Å². The average molecular weight is 492 g/mol. The molecule has 0 spiro atoms. The number of hydrogen-bond donors (Lipinski definition) is 1. The predicted octanol–water partition coefficient (Wildman–Crippen LogP) is 1.95. The van der Waals surface area contributed by atoms with Crippen LogP contribution in [0.3, 0.4) is 0 Å². The maximum atomic E-state index is 13.9. The molecule has 1 N–H and O–H groups in total. The largest absolute Gasteiger partial charge is 0.497 e. The second-order valence-corrected chi connectivity index (χ2v) is 7.84. The number of carbonyl (C=O) groups excluding carboxylic acids is 1.